The fourth-order valence-corrected chi connectivity index (χ4v) is 5.48. The lowest BCUT2D eigenvalue weighted by molar-refractivity contribution is -0.138. The fraction of sp³-hybridized carbons (Fsp3) is 0.409. The van der Waals surface area contributed by atoms with Gasteiger partial charge in [-0.3, -0.25) is 4.79 Å². The Bertz CT molecular complexity index is 951. The molecule has 154 valence electrons. The summed E-state index contributed by atoms with van der Waals surface area (Å²) >= 11 is 5.87. The third kappa shape index (κ3) is 4.65. The SMILES string of the molecule is O=C(C1CCN(S(=O)(=O)c2ccc(Cl)cc2)CC1)N(Cc1ccccc1)C1CC1. The predicted molar refractivity (Wildman–Crippen MR) is 113 cm³/mol. The van der Waals surface area contributed by atoms with Crippen LogP contribution in [0.3, 0.4) is 0 Å². The largest absolute Gasteiger partial charge is 0.335 e. The zero-order valence-corrected chi connectivity index (χ0v) is 17.8. The molecule has 2 aromatic carbocycles. The molecule has 1 heterocycles. The zero-order chi connectivity index (χ0) is 20.4. The number of nitrogens with zero attached hydrogens (tertiary/aromatic N) is 2. The molecule has 0 N–H and O–H groups in total. The van der Waals surface area contributed by atoms with Gasteiger partial charge < -0.3 is 4.90 Å². The van der Waals surface area contributed by atoms with Crippen molar-refractivity contribution in [1.29, 1.82) is 0 Å². The quantitative estimate of drug-likeness (QED) is 0.694. The van der Waals surface area contributed by atoms with E-state index in [4.69, 9.17) is 11.6 Å². The number of hydrogen-bond acceptors (Lipinski definition) is 3. The molecule has 1 aliphatic carbocycles. The highest BCUT2D eigenvalue weighted by Gasteiger charge is 2.38. The molecule has 2 aromatic rings. The lowest BCUT2D eigenvalue weighted by atomic mass is 9.96. The Hall–Kier alpha value is -1.89. The third-order valence-corrected chi connectivity index (χ3v) is 7.89. The molecule has 1 aliphatic heterocycles. The molecular weight excluding hydrogens is 408 g/mol. The Morgan fingerprint density at radius 2 is 1.59 bits per heavy atom. The summed E-state index contributed by atoms with van der Waals surface area (Å²) in [4.78, 5) is 15.4. The Morgan fingerprint density at radius 1 is 0.966 bits per heavy atom. The van der Waals surface area contributed by atoms with Crippen molar-refractivity contribution in [3.05, 3.63) is 65.2 Å². The van der Waals surface area contributed by atoms with Crippen LogP contribution in [0, 0.1) is 5.92 Å². The van der Waals surface area contributed by atoms with Gasteiger partial charge in [-0.2, -0.15) is 4.31 Å². The van der Waals surface area contributed by atoms with E-state index in [0.717, 1.165) is 18.4 Å². The summed E-state index contributed by atoms with van der Waals surface area (Å²) in [5, 5.41) is 0.506. The van der Waals surface area contributed by atoms with Gasteiger partial charge in [0.05, 0.1) is 4.90 Å². The standard InChI is InChI=1S/C22H25ClN2O3S/c23-19-6-10-21(11-7-19)29(27,28)24-14-12-18(13-15-24)22(26)25(20-8-9-20)16-17-4-2-1-3-5-17/h1-7,10-11,18,20H,8-9,12-16H2. The molecule has 1 saturated carbocycles. The van der Waals surface area contributed by atoms with Crippen molar-refractivity contribution in [3.63, 3.8) is 0 Å². The van der Waals surface area contributed by atoms with Crippen LogP contribution in [0.25, 0.3) is 0 Å². The van der Waals surface area contributed by atoms with Gasteiger partial charge in [0, 0.05) is 36.6 Å². The molecule has 0 atom stereocenters. The molecule has 0 radical (unpaired) electrons. The van der Waals surface area contributed by atoms with E-state index < -0.39 is 10.0 Å². The van der Waals surface area contributed by atoms with Gasteiger partial charge in [-0.05, 0) is 55.5 Å². The highest BCUT2D eigenvalue weighted by Crippen LogP contribution is 2.32. The molecule has 0 spiro atoms. The van der Waals surface area contributed by atoms with Crippen LogP contribution in [-0.2, 0) is 21.4 Å². The molecule has 1 amide bonds. The monoisotopic (exact) mass is 432 g/mol. The molecule has 4 rings (SSSR count). The number of carbonyl (C=O) groups is 1. The normalized spacial score (nSPS) is 18.5. The van der Waals surface area contributed by atoms with Crippen LogP contribution in [0.5, 0.6) is 0 Å². The molecule has 0 bridgehead atoms. The summed E-state index contributed by atoms with van der Waals surface area (Å²) in [5.41, 5.74) is 1.13. The van der Waals surface area contributed by atoms with Crippen molar-refractivity contribution in [2.24, 2.45) is 5.92 Å². The maximum Gasteiger partial charge on any atom is 0.243 e. The molecule has 0 aromatic heterocycles. The van der Waals surface area contributed by atoms with Crippen molar-refractivity contribution in [1.82, 2.24) is 9.21 Å². The van der Waals surface area contributed by atoms with Gasteiger partial charge >= 0.3 is 0 Å². The Balaban J connectivity index is 1.40. The van der Waals surface area contributed by atoms with Crippen molar-refractivity contribution in [3.8, 4) is 0 Å². The third-order valence-electron chi connectivity index (χ3n) is 5.72. The number of carbonyl (C=O) groups excluding carboxylic acids is 1. The summed E-state index contributed by atoms with van der Waals surface area (Å²) in [7, 11) is -3.55. The van der Waals surface area contributed by atoms with Crippen LogP contribution in [0.2, 0.25) is 5.02 Å². The number of benzene rings is 2. The first-order chi connectivity index (χ1) is 13.9. The second-order valence-electron chi connectivity index (χ2n) is 7.82. The summed E-state index contributed by atoms with van der Waals surface area (Å²) in [6.07, 6.45) is 3.23. The van der Waals surface area contributed by atoms with Crippen LogP contribution < -0.4 is 0 Å². The summed E-state index contributed by atoms with van der Waals surface area (Å²) in [6, 6.07) is 16.6. The van der Waals surface area contributed by atoms with E-state index in [9.17, 15) is 13.2 Å². The fourth-order valence-electron chi connectivity index (χ4n) is 3.89. The Kier molecular flexibility index (Phi) is 5.95. The second kappa shape index (κ2) is 8.46. The number of piperidine rings is 1. The summed E-state index contributed by atoms with van der Waals surface area (Å²) in [5.74, 6) is 0.0517. The van der Waals surface area contributed by atoms with Gasteiger partial charge in [-0.25, -0.2) is 8.42 Å². The minimum atomic E-state index is -3.55. The minimum absolute atomic E-state index is 0.115. The van der Waals surface area contributed by atoms with E-state index in [1.807, 2.05) is 35.2 Å². The molecule has 0 unspecified atom stereocenters. The number of amides is 1. The van der Waals surface area contributed by atoms with E-state index >= 15 is 0 Å². The minimum Gasteiger partial charge on any atom is -0.335 e. The zero-order valence-electron chi connectivity index (χ0n) is 16.2. The second-order valence-corrected chi connectivity index (χ2v) is 10.2. The van der Waals surface area contributed by atoms with Crippen molar-refractivity contribution < 1.29 is 13.2 Å². The van der Waals surface area contributed by atoms with Crippen molar-refractivity contribution >= 4 is 27.5 Å². The van der Waals surface area contributed by atoms with Crippen molar-refractivity contribution in [2.45, 2.75) is 43.2 Å². The first-order valence-corrected chi connectivity index (χ1v) is 11.9. The first-order valence-electron chi connectivity index (χ1n) is 10.1. The van der Waals surface area contributed by atoms with Gasteiger partial charge in [0.25, 0.3) is 0 Å². The summed E-state index contributed by atoms with van der Waals surface area (Å²) < 4.78 is 27.2. The van der Waals surface area contributed by atoms with E-state index in [0.29, 0.717) is 43.5 Å². The highest BCUT2D eigenvalue weighted by atomic mass is 35.5. The lowest BCUT2D eigenvalue weighted by Crippen LogP contribution is -2.44. The maximum atomic E-state index is 13.2. The number of sulfonamides is 1. The van der Waals surface area contributed by atoms with Gasteiger partial charge in [0.1, 0.15) is 0 Å². The van der Waals surface area contributed by atoms with Gasteiger partial charge in [-0.15, -0.1) is 0 Å². The van der Waals surface area contributed by atoms with Crippen LogP contribution in [0.4, 0.5) is 0 Å². The van der Waals surface area contributed by atoms with Crippen LogP contribution >= 0.6 is 11.6 Å². The van der Waals surface area contributed by atoms with Crippen molar-refractivity contribution in [2.75, 3.05) is 13.1 Å². The number of halogens is 1. The molecule has 29 heavy (non-hydrogen) atoms. The van der Waals surface area contributed by atoms with E-state index in [1.165, 1.54) is 16.4 Å². The average molecular weight is 433 g/mol. The van der Waals surface area contributed by atoms with Gasteiger partial charge in [0.15, 0.2) is 0 Å². The predicted octanol–water partition coefficient (Wildman–Crippen LogP) is 3.93. The van der Waals surface area contributed by atoms with Gasteiger partial charge in [0.2, 0.25) is 15.9 Å². The average Bonchev–Trinajstić information content (AvgIpc) is 3.58. The Morgan fingerprint density at radius 3 is 2.17 bits per heavy atom. The van der Waals surface area contributed by atoms with E-state index in [2.05, 4.69) is 0 Å². The Labute approximate surface area is 177 Å². The molecule has 5 nitrogen and oxygen atoms in total. The first kappa shape index (κ1) is 20.4. The topological polar surface area (TPSA) is 57.7 Å². The van der Waals surface area contributed by atoms with Crippen LogP contribution in [-0.4, -0.2) is 42.7 Å². The number of rotatable bonds is 6. The smallest absolute Gasteiger partial charge is 0.243 e. The van der Waals surface area contributed by atoms with Gasteiger partial charge in [-0.1, -0.05) is 41.9 Å². The van der Waals surface area contributed by atoms with E-state index in [-0.39, 0.29) is 16.7 Å². The summed E-state index contributed by atoms with van der Waals surface area (Å²) in [6.45, 7) is 1.37. The molecule has 2 fully saturated rings. The lowest BCUT2D eigenvalue weighted by Gasteiger charge is -2.34. The molecular formula is C22H25ClN2O3S. The van der Waals surface area contributed by atoms with E-state index in [1.54, 1.807) is 12.1 Å². The highest BCUT2D eigenvalue weighted by molar-refractivity contribution is 7.89. The molecule has 1 saturated heterocycles. The van der Waals surface area contributed by atoms with Crippen LogP contribution in [0.15, 0.2) is 59.5 Å². The maximum absolute atomic E-state index is 13.2. The number of hydrogen-bond donors (Lipinski definition) is 0. The molecule has 7 heteroatoms. The molecule has 2 aliphatic rings. The van der Waals surface area contributed by atoms with Crippen LogP contribution in [0.1, 0.15) is 31.2 Å².